The standard InChI is InChI=1S/C64H45NO/c1-63(2)56-25-13-9-21-50(56)53-38-37-48(40-59(53)63)65(47-35-33-45(34-36-47)44-31-29-43(30-32-44)42-17-5-3-6-18-42)49-39-55-54-24-12-16-28-61(54)66-62(55)60(41-49)64(46-19-7-4-8-20-46)57-26-14-10-22-51(57)52-23-11-15-27-58(52)64/h3-41H,1-2H3. The van der Waals surface area contributed by atoms with Crippen molar-refractivity contribution in [2.45, 2.75) is 24.7 Å². The van der Waals surface area contributed by atoms with Crippen molar-refractivity contribution < 1.29 is 4.42 Å². The van der Waals surface area contributed by atoms with Crippen LogP contribution in [0.1, 0.15) is 47.2 Å². The number of nitrogens with zero attached hydrogens (tertiary/aromatic N) is 1. The third kappa shape index (κ3) is 5.61. The Hall–Kier alpha value is -8.20. The fourth-order valence-corrected chi connectivity index (χ4v) is 11.5. The van der Waals surface area contributed by atoms with E-state index in [9.17, 15) is 0 Å². The second-order valence-electron chi connectivity index (χ2n) is 18.4. The average Bonchev–Trinajstić information content (AvgIpc) is 3.98. The molecule has 0 spiro atoms. The summed E-state index contributed by atoms with van der Waals surface area (Å²) in [6.45, 7) is 4.73. The molecule has 312 valence electrons. The van der Waals surface area contributed by atoms with Crippen LogP contribution in [0.4, 0.5) is 17.1 Å². The number of fused-ring (bicyclic) bond motifs is 9. The Morgan fingerprint density at radius 2 is 0.803 bits per heavy atom. The van der Waals surface area contributed by atoms with Gasteiger partial charge in [0.15, 0.2) is 0 Å². The molecule has 2 heteroatoms. The van der Waals surface area contributed by atoms with Gasteiger partial charge in [-0.1, -0.05) is 208 Å². The van der Waals surface area contributed by atoms with E-state index in [-0.39, 0.29) is 5.41 Å². The molecule has 0 saturated heterocycles. The molecule has 0 atom stereocenters. The van der Waals surface area contributed by atoms with E-state index in [1.165, 1.54) is 72.3 Å². The molecule has 0 N–H and O–H groups in total. The smallest absolute Gasteiger partial charge is 0.140 e. The molecule has 0 bridgehead atoms. The summed E-state index contributed by atoms with van der Waals surface area (Å²) in [4.78, 5) is 2.47. The summed E-state index contributed by atoms with van der Waals surface area (Å²) in [5, 5.41) is 2.18. The molecule has 2 aliphatic carbocycles. The van der Waals surface area contributed by atoms with Gasteiger partial charge in [-0.15, -0.1) is 0 Å². The minimum absolute atomic E-state index is 0.173. The summed E-state index contributed by atoms with van der Waals surface area (Å²) in [6, 6.07) is 86.9. The van der Waals surface area contributed by atoms with Gasteiger partial charge in [-0.2, -0.15) is 0 Å². The third-order valence-corrected chi connectivity index (χ3v) is 14.6. The Bertz CT molecular complexity index is 3610. The number of para-hydroxylation sites is 1. The van der Waals surface area contributed by atoms with E-state index in [0.29, 0.717) is 0 Å². The number of anilines is 3. The van der Waals surface area contributed by atoms with Gasteiger partial charge in [0.25, 0.3) is 0 Å². The molecule has 0 aliphatic heterocycles. The van der Waals surface area contributed by atoms with Crippen LogP contribution >= 0.6 is 0 Å². The van der Waals surface area contributed by atoms with Crippen molar-refractivity contribution in [3.63, 3.8) is 0 Å². The first-order valence-electron chi connectivity index (χ1n) is 23.0. The maximum atomic E-state index is 7.13. The molecule has 0 fully saturated rings. The minimum Gasteiger partial charge on any atom is -0.456 e. The number of rotatable bonds is 7. The normalized spacial score (nSPS) is 13.8. The van der Waals surface area contributed by atoms with Crippen LogP contribution in [-0.2, 0) is 10.8 Å². The molecule has 10 aromatic carbocycles. The Balaban J connectivity index is 1.07. The topological polar surface area (TPSA) is 16.4 Å². The van der Waals surface area contributed by atoms with Crippen molar-refractivity contribution in [2.75, 3.05) is 4.90 Å². The molecule has 2 aliphatic rings. The fraction of sp³-hybridized carbons (Fsp3) is 0.0625. The first-order valence-corrected chi connectivity index (χ1v) is 23.0. The number of furan rings is 1. The summed E-state index contributed by atoms with van der Waals surface area (Å²) in [5.74, 6) is 0. The third-order valence-electron chi connectivity index (χ3n) is 14.6. The van der Waals surface area contributed by atoms with Crippen LogP contribution in [0.5, 0.6) is 0 Å². The number of hydrogen-bond acceptors (Lipinski definition) is 2. The van der Waals surface area contributed by atoms with Gasteiger partial charge < -0.3 is 9.32 Å². The Morgan fingerprint density at radius 3 is 1.45 bits per heavy atom. The molecule has 66 heavy (non-hydrogen) atoms. The van der Waals surface area contributed by atoms with Crippen LogP contribution in [-0.4, -0.2) is 0 Å². The molecule has 0 unspecified atom stereocenters. The first-order chi connectivity index (χ1) is 32.5. The van der Waals surface area contributed by atoms with Crippen molar-refractivity contribution in [3.05, 3.63) is 270 Å². The molecule has 1 heterocycles. The van der Waals surface area contributed by atoms with E-state index in [1.54, 1.807) is 0 Å². The first kappa shape index (κ1) is 38.3. The van der Waals surface area contributed by atoms with Gasteiger partial charge >= 0.3 is 0 Å². The number of benzene rings is 10. The molecular formula is C64H45NO. The van der Waals surface area contributed by atoms with Crippen LogP contribution in [0.25, 0.3) is 66.4 Å². The second kappa shape index (κ2) is 14.7. The lowest BCUT2D eigenvalue weighted by molar-refractivity contribution is 0.648. The Kier molecular flexibility index (Phi) is 8.51. The van der Waals surface area contributed by atoms with Crippen LogP contribution in [0.15, 0.2) is 241 Å². The SMILES string of the molecule is CC1(C)c2ccccc2-c2ccc(N(c3ccc(-c4ccc(-c5ccccc5)cc4)cc3)c3cc(C4(c5ccccc5)c5ccccc5-c5ccccc54)c4oc5ccccc5c4c3)cc21. The van der Waals surface area contributed by atoms with Crippen LogP contribution in [0.2, 0.25) is 0 Å². The maximum absolute atomic E-state index is 7.13. The average molecular weight is 844 g/mol. The number of hydrogen-bond donors (Lipinski definition) is 0. The molecule has 1 aromatic heterocycles. The molecule has 11 aromatic rings. The molecule has 0 radical (unpaired) electrons. The van der Waals surface area contributed by atoms with Crippen molar-refractivity contribution in [2.24, 2.45) is 0 Å². The lowest BCUT2D eigenvalue weighted by atomic mass is 9.67. The van der Waals surface area contributed by atoms with Crippen LogP contribution in [0.3, 0.4) is 0 Å². The van der Waals surface area contributed by atoms with E-state index in [4.69, 9.17) is 4.42 Å². The lowest BCUT2D eigenvalue weighted by Crippen LogP contribution is -2.29. The zero-order chi connectivity index (χ0) is 44.0. The minimum atomic E-state index is -0.681. The summed E-state index contributed by atoms with van der Waals surface area (Å²) in [6.07, 6.45) is 0. The van der Waals surface area contributed by atoms with Gasteiger partial charge in [-0.05, 0) is 115 Å². The highest BCUT2D eigenvalue weighted by atomic mass is 16.3. The van der Waals surface area contributed by atoms with Gasteiger partial charge in [-0.3, -0.25) is 0 Å². The monoisotopic (exact) mass is 843 g/mol. The van der Waals surface area contributed by atoms with Crippen molar-refractivity contribution >= 4 is 39.0 Å². The molecule has 2 nitrogen and oxygen atoms in total. The van der Waals surface area contributed by atoms with E-state index in [0.717, 1.165) is 44.6 Å². The van der Waals surface area contributed by atoms with E-state index < -0.39 is 5.41 Å². The molecular weight excluding hydrogens is 799 g/mol. The summed E-state index contributed by atoms with van der Waals surface area (Å²) >= 11 is 0. The van der Waals surface area contributed by atoms with Gasteiger partial charge in [0.2, 0.25) is 0 Å². The lowest BCUT2D eigenvalue weighted by Gasteiger charge is -2.35. The largest absolute Gasteiger partial charge is 0.456 e. The summed E-state index contributed by atoms with van der Waals surface area (Å²) in [5.41, 5.74) is 21.6. The van der Waals surface area contributed by atoms with Crippen LogP contribution < -0.4 is 4.90 Å². The predicted octanol–water partition coefficient (Wildman–Crippen LogP) is 17.1. The zero-order valence-corrected chi connectivity index (χ0v) is 36.9. The van der Waals surface area contributed by atoms with Crippen LogP contribution in [0, 0.1) is 0 Å². The van der Waals surface area contributed by atoms with Crippen molar-refractivity contribution in [1.29, 1.82) is 0 Å². The van der Waals surface area contributed by atoms with Crippen molar-refractivity contribution in [1.82, 2.24) is 0 Å². The van der Waals surface area contributed by atoms with Gasteiger partial charge in [-0.25, -0.2) is 0 Å². The van der Waals surface area contributed by atoms with E-state index in [1.807, 2.05) is 0 Å². The quantitative estimate of drug-likeness (QED) is 0.159. The highest BCUT2D eigenvalue weighted by Gasteiger charge is 2.48. The van der Waals surface area contributed by atoms with Gasteiger partial charge in [0.05, 0.1) is 5.41 Å². The molecule has 0 saturated carbocycles. The van der Waals surface area contributed by atoms with E-state index in [2.05, 4.69) is 255 Å². The Labute approximate surface area is 385 Å². The second-order valence-corrected chi connectivity index (χ2v) is 18.4. The Morgan fingerprint density at radius 1 is 0.333 bits per heavy atom. The fourth-order valence-electron chi connectivity index (χ4n) is 11.5. The highest BCUT2D eigenvalue weighted by molar-refractivity contribution is 6.09. The van der Waals surface area contributed by atoms with Gasteiger partial charge in [0, 0.05) is 38.8 Å². The maximum Gasteiger partial charge on any atom is 0.140 e. The highest BCUT2D eigenvalue weighted by Crippen LogP contribution is 2.59. The van der Waals surface area contributed by atoms with E-state index >= 15 is 0 Å². The summed E-state index contributed by atoms with van der Waals surface area (Å²) in [7, 11) is 0. The van der Waals surface area contributed by atoms with Gasteiger partial charge in [0.1, 0.15) is 11.2 Å². The molecule has 0 amide bonds. The summed E-state index contributed by atoms with van der Waals surface area (Å²) < 4.78 is 7.13. The molecule has 13 rings (SSSR count). The predicted molar refractivity (Wildman–Crippen MR) is 274 cm³/mol. The zero-order valence-electron chi connectivity index (χ0n) is 36.9. The van der Waals surface area contributed by atoms with Crippen molar-refractivity contribution in [3.8, 4) is 44.5 Å².